The highest BCUT2D eigenvalue weighted by Gasteiger charge is 2.18. The van der Waals surface area contributed by atoms with Gasteiger partial charge in [-0.25, -0.2) is 8.91 Å². The number of H-pyrrole nitrogens is 1. The lowest BCUT2D eigenvalue weighted by Gasteiger charge is -2.09. The lowest BCUT2D eigenvalue weighted by atomic mass is 10.2. The van der Waals surface area contributed by atoms with Crippen molar-refractivity contribution < 1.29 is 23.4 Å². The van der Waals surface area contributed by atoms with Gasteiger partial charge in [0.15, 0.2) is 11.6 Å². The summed E-state index contributed by atoms with van der Waals surface area (Å²) in [5.74, 6) is -0.218. The van der Waals surface area contributed by atoms with E-state index in [4.69, 9.17) is 19.9 Å². The molecule has 0 fully saturated rings. The van der Waals surface area contributed by atoms with Gasteiger partial charge in [0.1, 0.15) is 36.8 Å². The standard InChI is InChI=1S/C21H22FN5O4/c1-11-8-14-15(26-11)4-5-16(18(14)22)31-20-19-12(2)17(9-27(19)25-10-24-20)29-6-7-30-21(28)13(3)23/h4-5,8-10,13,26H,6-7,23H2,1-3H3. The number of nitrogens with two attached hydrogens (primary N) is 1. The normalized spacial score (nSPS) is 12.3. The lowest BCUT2D eigenvalue weighted by Crippen LogP contribution is -2.29. The second-order valence-corrected chi connectivity index (χ2v) is 7.17. The first kappa shape index (κ1) is 20.6. The zero-order chi connectivity index (χ0) is 22.1. The van der Waals surface area contributed by atoms with Crippen molar-refractivity contribution >= 4 is 22.4 Å². The van der Waals surface area contributed by atoms with Crippen LogP contribution in [-0.2, 0) is 9.53 Å². The van der Waals surface area contributed by atoms with E-state index in [1.54, 1.807) is 31.3 Å². The van der Waals surface area contributed by atoms with E-state index in [1.807, 2.05) is 13.8 Å². The summed E-state index contributed by atoms with van der Waals surface area (Å²) in [7, 11) is 0. The number of halogens is 1. The van der Waals surface area contributed by atoms with Crippen molar-refractivity contribution in [3.05, 3.63) is 47.8 Å². The Hall–Kier alpha value is -3.66. The molecular formula is C21H22FN5O4. The Kier molecular flexibility index (Phi) is 5.47. The summed E-state index contributed by atoms with van der Waals surface area (Å²) in [6.45, 7) is 5.41. The van der Waals surface area contributed by atoms with Crippen LogP contribution in [0, 0.1) is 19.7 Å². The quantitative estimate of drug-likeness (QED) is 0.344. The number of hydrogen-bond acceptors (Lipinski definition) is 7. The van der Waals surface area contributed by atoms with Crippen LogP contribution in [0.4, 0.5) is 4.39 Å². The van der Waals surface area contributed by atoms with Gasteiger partial charge in [0, 0.05) is 22.2 Å². The van der Waals surface area contributed by atoms with E-state index in [9.17, 15) is 9.18 Å². The molecule has 3 aromatic heterocycles. The van der Waals surface area contributed by atoms with Crippen LogP contribution in [0.5, 0.6) is 17.4 Å². The van der Waals surface area contributed by atoms with Gasteiger partial charge in [0.05, 0.1) is 6.20 Å². The Balaban J connectivity index is 1.57. The van der Waals surface area contributed by atoms with E-state index in [-0.39, 0.29) is 24.8 Å². The highest BCUT2D eigenvalue weighted by molar-refractivity contribution is 5.83. The molecule has 1 aromatic carbocycles. The monoisotopic (exact) mass is 427 g/mol. The summed E-state index contributed by atoms with van der Waals surface area (Å²) in [5.41, 5.74) is 8.23. The fraction of sp³-hybridized carbons (Fsp3) is 0.286. The van der Waals surface area contributed by atoms with Gasteiger partial charge in [-0.15, -0.1) is 0 Å². The van der Waals surface area contributed by atoms with E-state index < -0.39 is 17.8 Å². The predicted molar refractivity (Wildman–Crippen MR) is 111 cm³/mol. The lowest BCUT2D eigenvalue weighted by molar-refractivity contribution is -0.145. The van der Waals surface area contributed by atoms with Gasteiger partial charge >= 0.3 is 5.97 Å². The molecule has 0 aliphatic heterocycles. The summed E-state index contributed by atoms with van der Waals surface area (Å²) < 4.78 is 33.0. The van der Waals surface area contributed by atoms with E-state index >= 15 is 0 Å². The minimum Gasteiger partial charge on any atom is -0.488 e. The number of ether oxygens (including phenoxy) is 3. The number of carbonyl (C=O) groups excluding carboxylic acids is 1. The Morgan fingerprint density at radius 3 is 2.87 bits per heavy atom. The maximum absolute atomic E-state index is 14.9. The van der Waals surface area contributed by atoms with Crippen LogP contribution in [0.25, 0.3) is 16.4 Å². The summed E-state index contributed by atoms with van der Waals surface area (Å²) >= 11 is 0. The Bertz CT molecular complexity index is 1260. The number of rotatable bonds is 7. The molecule has 1 unspecified atom stereocenters. The second-order valence-electron chi connectivity index (χ2n) is 7.17. The number of aromatic nitrogens is 4. The van der Waals surface area contributed by atoms with Crippen LogP contribution in [0.1, 0.15) is 18.2 Å². The minimum absolute atomic E-state index is 0.0537. The maximum Gasteiger partial charge on any atom is 0.322 e. The SMILES string of the molecule is Cc1cc2c(F)c(Oc3ncnn4cc(OCCOC(=O)C(C)N)c(C)c34)ccc2[nH]1. The fourth-order valence-electron chi connectivity index (χ4n) is 3.22. The van der Waals surface area contributed by atoms with Crippen molar-refractivity contribution in [1.82, 2.24) is 19.6 Å². The van der Waals surface area contributed by atoms with E-state index in [2.05, 4.69) is 15.1 Å². The first-order valence-electron chi connectivity index (χ1n) is 9.68. The number of aromatic amines is 1. The third-order valence-corrected chi connectivity index (χ3v) is 4.75. The average Bonchev–Trinajstić information content (AvgIpc) is 3.27. The molecule has 9 nitrogen and oxygen atoms in total. The molecule has 0 saturated carbocycles. The molecule has 1 atom stereocenters. The van der Waals surface area contributed by atoms with Crippen LogP contribution in [-0.4, -0.2) is 44.8 Å². The molecule has 0 amide bonds. The van der Waals surface area contributed by atoms with Gasteiger partial charge in [-0.3, -0.25) is 4.79 Å². The molecule has 0 aliphatic rings. The first-order chi connectivity index (χ1) is 14.8. The highest BCUT2D eigenvalue weighted by atomic mass is 19.1. The summed E-state index contributed by atoms with van der Waals surface area (Å²) in [6.07, 6.45) is 2.97. The number of nitrogens with one attached hydrogen (secondary N) is 1. The minimum atomic E-state index is -0.691. The van der Waals surface area contributed by atoms with E-state index in [0.29, 0.717) is 27.7 Å². The van der Waals surface area contributed by atoms with Crippen molar-refractivity contribution in [2.75, 3.05) is 13.2 Å². The molecule has 4 aromatic rings. The number of aryl methyl sites for hydroxylation is 2. The van der Waals surface area contributed by atoms with Gasteiger partial charge < -0.3 is 24.9 Å². The van der Waals surface area contributed by atoms with Gasteiger partial charge in [-0.1, -0.05) is 0 Å². The van der Waals surface area contributed by atoms with Gasteiger partial charge in [-0.05, 0) is 39.0 Å². The molecule has 0 bridgehead atoms. The topological polar surface area (TPSA) is 117 Å². The molecule has 10 heteroatoms. The molecule has 0 radical (unpaired) electrons. The number of nitrogens with zero attached hydrogens (tertiary/aromatic N) is 3. The Morgan fingerprint density at radius 2 is 2.10 bits per heavy atom. The number of fused-ring (bicyclic) bond motifs is 2. The smallest absolute Gasteiger partial charge is 0.322 e. The third-order valence-electron chi connectivity index (χ3n) is 4.75. The van der Waals surface area contributed by atoms with Crippen molar-refractivity contribution in [2.45, 2.75) is 26.8 Å². The average molecular weight is 427 g/mol. The number of benzene rings is 1. The first-order valence-corrected chi connectivity index (χ1v) is 9.68. The zero-order valence-electron chi connectivity index (χ0n) is 17.3. The van der Waals surface area contributed by atoms with Crippen LogP contribution in [0.2, 0.25) is 0 Å². The molecule has 31 heavy (non-hydrogen) atoms. The van der Waals surface area contributed by atoms with Crippen LogP contribution >= 0.6 is 0 Å². The van der Waals surface area contributed by atoms with Crippen LogP contribution in [0.3, 0.4) is 0 Å². The highest BCUT2D eigenvalue weighted by Crippen LogP contribution is 2.34. The Morgan fingerprint density at radius 1 is 1.29 bits per heavy atom. The van der Waals surface area contributed by atoms with Crippen LogP contribution < -0.4 is 15.2 Å². The Labute approximate surface area is 176 Å². The summed E-state index contributed by atoms with van der Waals surface area (Å²) in [4.78, 5) is 18.7. The van der Waals surface area contributed by atoms with Crippen molar-refractivity contribution in [3.8, 4) is 17.4 Å². The van der Waals surface area contributed by atoms with Crippen molar-refractivity contribution in [1.29, 1.82) is 0 Å². The predicted octanol–water partition coefficient (Wildman–Crippen LogP) is 3.03. The largest absolute Gasteiger partial charge is 0.488 e. The molecule has 0 spiro atoms. The van der Waals surface area contributed by atoms with E-state index in [1.165, 1.54) is 10.8 Å². The number of hydrogen-bond donors (Lipinski definition) is 2. The second kappa shape index (κ2) is 8.23. The van der Waals surface area contributed by atoms with Crippen molar-refractivity contribution in [2.24, 2.45) is 5.73 Å². The van der Waals surface area contributed by atoms with Gasteiger partial charge in [0.2, 0.25) is 5.88 Å². The fourth-order valence-corrected chi connectivity index (χ4v) is 3.22. The molecule has 3 heterocycles. The molecule has 3 N–H and O–H groups in total. The molecule has 4 rings (SSSR count). The number of esters is 1. The summed E-state index contributed by atoms with van der Waals surface area (Å²) in [6, 6.07) is 4.33. The van der Waals surface area contributed by atoms with Crippen LogP contribution in [0.15, 0.2) is 30.7 Å². The van der Waals surface area contributed by atoms with Gasteiger partial charge in [-0.2, -0.15) is 10.1 Å². The maximum atomic E-state index is 14.9. The summed E-state index contributed by atoms with van der Waals surface area (Å²) in [5, 5.41) is 4.61. The zero-order valence-corrected chi connectivity index (χ0v) is 17.3. The molecular weight excluding hydrogens is 405 g/mol. The van der Waals surface area contributed by atoms with Crippen molar-refractivity contribution in [3.63, 3.8) is 0 Å². The number of carbonyl (C=O) groups is 1. The third kappa shape index (κ3) is 4.02. The molecule has 0 saturated heterocycles. The van der Waals surface area contributed by atoms with E-state index in [0.717, 1.165) is 5.69 Å². The van der Waals surface area contributed by atoms with Gasteiger partial charge in [0.25, 0.3) is 0 Å². The molecule has 0 aliphatic carbocycles. The molecule has 162 valence electrons.